The molecule has 0 saturated heterocycles. The average molecular weight is 171 g/mol. The molecule has 0 aliphatic rings. The van der Waals surface area contributed by atoms with Crippen molar-refractivity contribution < 1.29 is 9.90 Å². The Bertz CT molecular complexity index is 257. The van der Waals surface area contributed by atoms with E-state index in [1.807, 2.05) is 0 Å². The zero-order valence-corrected chi connectivity index (χ0v) is 6.73. The second-order valence-electron chi connectivity index (χ2n) is 2.15. The van der Waals surface area contributed by atoms with Gasteiger partial charge in [0.15, 0.2) is 0 Å². The Morgan fingerprint density at radius 2 is 2.45 bits per heavy atom. The molecule has 1 rings (SSSR count). The Morgan fingerprint density at radius 3 is 2.91 bits per heavy atom. The molecule has 0 radical (unpaired) electrons. The topological polar surface area (TPSA) is 63.3 Å². The molecule has 3 nitrogen and oxygen atoms in total. The van der Waals surface area contributed by atoms with E-state index in [1.54, 1.807) is 11.4 Å². The summed E-state index contributed by atoms with van der Waals surface area (Å²) in [5, 5.41) is 10.2. The molecular weight excluding hydrogens is 162 g/mol. The molecule has 0 spiro atoms. The third kappa shape index (κ3) is 2.03. The number of carboxylic acid groups (broad SMARTS) is 1. The molecule has 0 saturated carbocycles. The van der Waals surface area contributed by atoms with Crippen molar-refractivity contribution in [1.82, 2.24) is 0 Å². The summed E-state index contributed by atoms with van der Waals surface area (Å²) < 4.78 is 0. The van der Waals surface area contributed by atoms with Crippen molar-refractivity contribution in [3.05, 3.63) is 21.9 Å². The van der Waals surface area contributed by atoms with Gasteiger partial charge in [-0.1, -0.05) is 0 Å². The fourth-order valence-corrected chi connectivity index (χ4v) is 1.64. The smallest absolute Gasteiger partial charge is 0.336 e. The van der Waals surface area contributed by atoms with Gasteiger partial charge in [-0.05, 0) is 19.0 Å². The van der Waals surface area contributed by atoms with Crippen molar-refractivity contribution in [2.45, 2.75) is 6.42 Å². The van der Waals surface area contributed by atoms with Crippen LogP contribution < -0.4 is 5.73 Å². The number of carboxylic acids is 1. The van der Waals surface area contributed by atoms with Gasteiger partial charge in [-0.25, -0.2) is 4.79 Å². The molecule has 0 bridgehead atoms. The normalized spacial score (nSPS) is 9.91. The van der Waals surface area contributed by atoms with Gasteiger partial charge in [0.05, 0.1) is 5.56 Å². The predicted molar refractivity (Wildman–Crippen MR) is 44.0 cm³/mol. The van der Waals surface area contributed by atoms with Gasteiger partial charge in [-0.15, -0.1) is 11.3 Å². The highest BCUT2D eigenvalue weighted by Crippen LogP contribution is 2.14. The lowest BCUT2D eigenvalue weighted by Gasteiger charge is -1.87. The van der Waals surface area contributed by atoms with Crippen LogP contribution in [0.1, 0.15) is 15.2 Å². The highest BCUT2D eigenvalue weighted by molar-refractivity contribution is 7.10. The molecule has 3 N–H and O–H groups in total. The summed E-state index contributed by atoms with van der Waals surface area (Å²) in [5.41, 5.74) is 5.66. The van der Waals surface area contributed by atoms with E-state index >= 15 is 0 Å². The van der Waals surface area contributed by atoms with Crippen molar-refractivity contribution in [1.29, 1.82) is 0 Å². The van der Waals surface area contributed by atoms with Crippen LogP contribution in [0, 0.1) is 0 Å². The van der Waals surface area contributed by atoms with Gasteiger partial charge in [0.25, 0.3) is 0 Å². The van der Waals surface area contributed by atoms with Crippen LogP contribution in [0.3, 0.4) is 0 Å². The Hall–Kier alpha value is -0.870. The first-order valence-corrected chi connectivity index (χ1v) is 4.13. The standard InChI is InChI=1S/C7H9NO2S/c8-2-1-6-3-5(4-11-6)7(9)10/h3-4H,1-2,8H2,(H,9,10). The van der Waals surface area contributed by atoms with E-state index in [9.17, 15) is 4.79 Å². The molecule has 0 aliphatic heterocycles. The highest BCUT2D eigenvalue weighted by atomic mass is 32.1. The highest BCUT2D eigenvalue weighted by Gasteiger charge is 2.04. The van der Waals surface area contributed by atoms with Crippen molar-refractivity contribution in [2.24, 2.45) is 5.73 Å². The molecule has 4 heteroatoms. The van der Waals surface area contributed by atoms with Gasteiger partial charge >= 0.3 is 5.97 Å². The number of hydrogen-bond donors (Lipinski definition) is 2. The van der Waals surface area contributed by atoms with E-state index in [1.165, 1.54) is 11.3 Å². The minimum atomic E-state index is -0.871. The Morgan fingerprint density at radius 1 is 1.73 bits per heavy atom. The van der Waals surface area contributed by atoms with Crippen LogP contribution in [0.25, 0.3) is 0 Å². The number of nitrogens with two attached hydrogens (primary N) is 1. The van der Waals surface area contributed by atoms with E-state index in [-0.39, 0.29) is 0 Å². The van der Waals surface area contributed by atoms with Gasteiger partial charge < -0.3 is 10.8 Å². The second-order valence-corrected chi connectivity index (χ2v) is 3.14. The van der Waals surface area contributed by atoms with Crippen LogP contribution in [0.2, 0.25) is 0 Å². The SMILES string of the molecule is NCCc1cc(C(=O)O)cs1. The Labute approximate surface area is 68.5 Å². The molecule has 60 valence electrons. The molecule has 1 heterocycles. The lowest BCUT2D eigenvalue weighted by atomic mass is 10.3. The fourth-order valence-electron chi connectivity index (χ4n) is 0.766. The zero-order valence-electron chi connectivity index (χ0n) is 5.91. The molecule has 0 aliphatic carbocycles. The molecule has 11 heavy (non-hydrogen) atoms. The summed E-state index contributed by atoms with van der Waals surface area (Å²) in [4.78, 5) is 11.4. The maximum atomic E-state index is 10.4. The van der Waals surface area contributed by atoms with Crippen LogP contribution in [0.4, 0.5) is 0 Å². The fraction of sp³-hybridized carbons (Fsp3) is 0.286. The number of thiophene rings is 1. The lowest BCUT2D eigenvalue weighted by molar-refractivity contribution is 0.0697. The van der Waals surface area contributed by atoms with Crippen LogP contribution >= 0.6 is 11.3 Å². The number of hydrogen-bond acceptors (Lipinski definition) is 3. The maximum Gasteiger partial charge on any atom is 0.336 e. The van der Waals surface area contributed by atoms with Gasteiger partial charge in [0.2, 0.25) is 0 Å². The van der Waals surface area contributed by atoms with Gasteiger partial charge in [-0.3, -0.25) is 0 Å². The maximum absolute atomic E-state index is 10.4. The van der Waals surface area contributed by atoms with E-state index in [0.29, 0.717) is 12.1 Å². The molecule has 0 aromatic carbocycles. The molecule has 1 aromatic rings. The number of carbonyl (C=O) groups is 1. The third-order valence-corrected chi connectivity index (χ3v) is 2.29. The summed E-state index contributed by atoms with van der Waals surface area (Å²) >= 11 is 1.44. The Balaban J connectivity index is 2.73. The number of rotatable bonds is 3. The minimum absolute atomic E-state index is 0.360. The van der Waals surface area contributed by atoms with Gasteiger partial charge in [0.1, 0.15) is 0 Å². The van der Waals surface area contributed by atoms with Crippen LogP contribution in [0.15, 0.2) is 11.4 Å². The first kappa shape index (κ1) is 8.23. The molecule has 0 fully saturated rings. The van der Waals surface area contributed by atoms with Crippen molar-refractivity contribution in [3.8, 4) is 0 Å². The van der Waals surface area contributed by atoms with Gasteiger partial charge in [-0.2, -0.15) is 0 Å². The Kier molecular flexibility index (Phi) is 2.62. The summed E-state index contributed by atoms with van der Waals surface area (Å²) in [6.45, 7) is 0.569. The third-order valence-electron chi connectivity index (χ3n) is 1.29. The summed E-state index contributed by atoms with van der Waals surface area (Å²) in [7, 11) is 0. The van der Waals surface area contributed by atoms with Crippen molar-refractivity contribution in [3.63, 3.8) is 0 Å². The summed E-state index contributed by atoms with van der Waals surface area (Å²) in [6, 6.07) is 1.67. The lowest BCUT2D eigenvalue weighted by Crippen LogP contribution is -2.01. The van der Waals surface area contributed by atoms with E-state index in [0.717, 1.165) is 11.3 Å². The second kappa shape index (κ2) is 3.50. The van der Waals surface area contributed by atoms with Crippen molar-refractivity contribution >= 4 is 17.3 Å². The molecule has 0 atom stereocenters. The predicted octanol–water partition coefficient (Wildman–Crippen LogP) is 0.947. The molecular formula is C7H9NO2S. The van der Waals surface area contributed by atoms with Gasteiger partial charge in [0, 0.05) is 10.3 Å². The monoisotopic (exact) mass is 171 g/mol. The zero-order chi connectivity index (χ0) is 8.27. The van der Waals surface area contributed by atoms with E-state index < -0.39 is 5.97 Å². The number of aromatic carboxylic acids is 1. The minimum Gasteiger partial charge on any atom is -0.478 e. The van der Waals surface area contributed by atoms with Crippen LogP contribution in [-0.4, -0.2) is 17.6 Å². The molecule has 0 amide bonds. The molecule has 1 aromatic heterocycles. The van der Waals surface area contributed by atoms with E-state index in [4.69, 9.17) is 10.8 Å². The largest absolute Gasteiger partial charge is 0.478 e. The quantitative estimate of drug-likeness (QED) is 0.711. The van der Waals surface area contributed by atoms with E-state index in [2.05, 4.69) is 0 Å². The molecule has 0 unspecified atom stereocenters. The first-order valence-electron chi connectivity index (χ1n) is 3.25. The first-order chi connectivity index (χ1) is 5.24. The van der Waals surface area contributed by atoms with Crippen LogP contribution in [0.5, 0.6) is 0 Å². The van der Waals surface area contributed by atoms with Crippen molar-refractivity contribution in [2.75, 3.05) is 6.54 Å². The van der Waals surface area contributed by atoms with Crippen LogP contribution in [-0.2, 0) is 6.42 Å². The summed E-state index contributed by atoms with van der Waals surface area (Å²) in [6.07, 6.45) is 0.762. The summed E-state index contributed by atoms with van der Waals surface area (Å²) in [5.74, 6) is -0.871. The average Bonchev–Trinajstić information content (AvgIpc) is 2.37.